The molecule has 1 aromatic carbocycles. The van der Waals surface area contributed by atoms with Crippen LogP contribution in [0.1, 0.15) is 12.8 Å². The maximum Gasteiger partial charge on any atom is 0.243 e. The lowest BCUT2D eigenvalue weighted by atomic mass is 9.86. The van der Waals surface area contributed by atoms with Gasteiger partial charge in [0.1, 0.15) is 5.75 Å². The van der Waals surface area contributed by atoms with Crippen molar-refractivity contribution in [2.24, 2.45) is 5.41 Å². The maximum absolute atomic E-state index is 12.6. The molecule has 21 heavy (non-hydrogen) atoms. The highest BCUT2D eigenvalue weighted by molar-refractivity contribution is 7.89. The first-order valence-corrected chi connectivity index (χ1v) is 8.30. The van der Waals surface area contributed by atoms with Gasteiger partial charge in [-0.05, 0) is 30.7 Å². The molecule has 6 nitrogen and oxygen atoms in total. The Bertz CT molecular complexity index is 656. The molecule has 2 aliphatic heterocycles. The maximum atomic E-state index is 12.6. The molecule has 3 rings (SSSR count). The predicted molar refractivity (Wildman–Crippen MR) is 76.4 cm³/mol. The minimum Gasteiger partial charge on any atom is -0.497 e. The summed E-state index contributed by atoms with van der Waals surface area (Å²) in [7, 11) is -1.97. The second-order valence-electron chi connectivity index (χ2n) is 5.72. The normalized spacial score (nSPS) is 26.2. The van der Waals surface area contributed by atoms with Gasteiger partial charge in [-0.3, -0.25) is 4.79 Å². The monoisotopic (exact) mass is 310 g/mol. The number of benzene rings is 1. The van der Waals surface area contributed by atoms with Crippen LogP contribution in [0, 0.1) is 5.41 Å². The van der Waals surface area contributed by atoms with Crippen molar-refractivity contribution in [1.82, 2.24) is 9.62 Å². The zero-order chi connectivity index (χ0) is 15.1. The lowest BCUT2D eigenvalue weighted by molar-refractivity contribution is -0.119. The smallest absolute Gasteiger partial charge is 0.243 e. The molecule has 1 atom stereocenters. The number of rotatable bonds is 3. The van der Waals surface area contributed by atoms with Crippen LogP contribution < -0.4 is 10.1 Å². The zero-order valence-electron chi connectivity index (χ0n) is 11.8. The average Bonchev–Trinajstić information content (AvgIpc) is 3.06. The standard InChI is InChI=1S/C14H18N2O4S/c1-20-11-2-4-12(5-3-11)21(18,19)16-7-6-14(10-16)8-13(17)15-9-14/h2-5H,6-10H2,1H3,(H,15,17). The molecule has 0 radical (unpaired) electrons. The predicted octanol–water partition coefficient (Wildman–Crippen LogP) is 0.596. The molecule has 2 saturated heterocycles. The number of nitrogens with one attached hydrogen (secondary N) is 1. The Morgan fingerprint density at radius 2 is 2.00 bits per heavy atom. The summed E-state index contributed by atoms with van der Waals surface area (Å²) in [4.78, 5) is 11.7. The van der Waals surface area contributed by atoms with E-state index in [0.717, 1.165) is 6.42 Å². The molecular formula is C14H18N2O4S. The van der Waals surface area contributed by atoms with Crippen molar-refractivity contribution in [2.75, 3.05) is 26.7 Å². The molecule has 1 spiro atoms. The fourth-order valence-corrected chi connectivity index (χ4v) is 4.59. The third-order valence-electron chi connectivity index (χ3n) is 4.30. The topological polar surface area (TPSA) is 75.7 Å². The molecule has 2 heterocycles. The highest BCUT2D eigenvalue weighted by atomic mass is 32.2. The van der Waals surface area contributed by atoms with Crippen LogP contribution in [0.15, 0.2) is 29.2 Å². The Kier molecular flexibility index (Phi) is 3.41. The van der Waals surface area contributed by atoms with Crippen LogP contribution in [0.4, 0.5) is 0 Å². The summed E-state index contributed by atoms with van der Waals surface area (Å²) in [6.45, 7) is 1.43. The minimum absolute atomic E-state index is 0.0127. The quantitative estimate of drug-likeness (QED) is 0.887. The lowest BCUT2D eigenvalue weighted by Gasteiger charge is -2.21. The van der Waals surface area contributed by atoms with Crippen molar-refractivity contribution in [1.29, 1.82) is 0 Å². The Morgan fingerprint density at radius 1 is 1.29 bits per heavy atom. The summed E-state index contributed by atoms with van der Waals surface area (Å²) in [6, 6.07) is 6.38. The van der Waals surface area contributed by atoms with E-state index in [-0.39, 0.29) is 16.2 Å². The molecule has 7 heteroatoms. The van der Waals surface area contributed by atoms with E-state index >= 15 is 0 Å². The summed E-state index contributed by atoms with van der Waals surface area (Å²) in [5, 5.41) is 2.80. The molecule has 1 N–H and O–H groups in total. The number of hydrogen-bond donors (Lipinski definition) is 1. The van der Waals surface area contributed by atoms with Crippen LogP contribution >= 0.6 is 0 Å². The Balaban J connectivity index is 1.81. The van der Waals surface area contributed by atoms with Gasteiger partial charge in [-0.25, -0.2) is 8.42 Å². The Labute approximate surface area is 124 Å². The van der Waals surface area contributed by atoms with Gasteiger partial charge in [0.25, 0.3) is 0 Å². The van der Waals surface area contributed by atoms with Gasteiger partial charge in [-0.15, -0.1) is 0 Å². The van der Waals surface area contributed by atoms with Gasteiger partial charge in [0.05, 0.1) is 12.0 Å². The Hall–Kier alpha value is -1.60. The van der Waals surface area contributed by atoms with E-state index in [4.69, 9.17) is 4.74 Å². The first kappa shape index (κ1) is 14.3. The van der Waals surface area contributed by atoms with Crippen LogP contribution in [0.25, 0.3) is 0 Å². The van der Waals surface area contributed by atoms with Crippen LogP contribution in [-0.4, -0.2) is 45.4 Å². The number of ether oxygens (including phenoxy) is 1. The molecule has 1 aromatic rings. The zero-order valence-corrected chi connectivity index (χ0v) is 12.6. The van der Waals surface area contributed by atoms with Gasteiger partial charge >= 0.3 is 0 Å². The van der Waals surface area contributed by atoms with E-state index < -0.39 is 10.0 Å². The first-order chi connectivity index (χ1) is 9.95. The van der Waals surface area contributed by atoms with E-state index in [1.54, 1.807) is 24.3 Å². The molecule has 2 aliphatic rings. The summed E-state index contributed by atoms with van der Waals surface area (Å²) in [5.41, 5.74) is -0.226. The average molecular weight is 310 g/mol. The van der Waals surface area contributed by atoms with Crippen molar-refractivity contribution >= 4 is 15.9 Å². The number of carbonyl (C=O) groups excluding carboxylic acids is 1. The molecule has 0 aromatic heterocycles. The van der Waals surface area contributed by atoms with Gasteiger partial charge in [-0.2, -0.15) is 4.31 Å². The Morgan fingerprint density at radius 3 is 2.57 bits per heavy atom. The molecule has 2 fully saturated rings. The van der Waals surface area contributed by atoms with Crippen molar-refractivity contribution in [3.8, 4) is 5.75 Å². The third kappa shape index (κ3) is 2.51. The molecule has 0 aliphatic carbocycles. The van der Waals surface area contributed by atoms with Gasteiger partial charge < -0.3 is 10.1 Å². The van der Waals surface area contributed by atoms with Crippen molar-refractivity contribution in [2.45, 2.75) is 17.7 Å². The largest absolute Gasteiger partial charge is 0.497 e. The fourth-order valence-electron chi connectivity index (χ4n) is 3.04. The molecular weight excluding hydrogens is 292 g/mol. The van der Waals surface area contributed by atoms with E-state index in [0.29, 0.717) is 31.8 Å². The van der Waals surface area contributed by atoms with Gasteiger partial charge in [0.15, 0.2) is 0 Å². The summed E-state index contributed by atoms with van der Waals surface area (Å²) in [5.74, 6) is 0.635. The number of sulfonamides is 1. The number of hydrogen-bond acceptors (Lipinski definition) is 4. The summed E-state index contributed by atoms with van der Waals surface area (Å²) < 4.78 is 31.8. The second-order valence-corrected chi connectivity index (χ2v) is 7.66. The first-order valence-electron chi connectivity index (χ1n) is 6.86. The highest BCUT2D eigenvalue weighted by Gasteiger charge is 2.47. The number of nitrogens with zero attached hydrogens (tertiary/aromatic N) is 1. The van der Waals surface area contributed by atoms with Crippen molar-refractivity contribution in [3.63, 3.8) is 0 Å². The number of amides is 1. The SMILES string of the molecule is COc1ccc(S(=O)(=O)N2CCC3(CNC(=O)C3)C2)cc1. The summed E-state index contributed by atoms with van der Waals surface area (Å²) in [6.07, 6.45) is 1.14. The van der Waals surface area contributed by atoms with Gasteiger partial charge in [-0.1, -0.05) is 0 Å². The molecule has 1 amide bonds. The van der Waals surface area contributed by atoms with E-state index in [9.17, 15) is 13.2 Å². The van der Waals surface area contributed by atoms with Crippen LogP contribution in [0.2, 0.25) is 0 Å². The van der Waals surface area contributed by atoms with Gasteiger partial charge in [0, 0.05) is 31.5 Å². The van der Waals surface area contributed by atoms with E-state index in [2.05, 4.69) is 5.32 Å². The van der Waals surface area contributed by atoms with Crippen molar-refractivity contribution in [3.05, 3.63) is 24.3 Å². The minimum atomic E-state index is -3.51. The van der Waals surface area contributed by atoms with Crippen LogP contribution in [-0.2, 0) is 14.8 Å². The van der Waals surface area contributed by atoms with E-state index in [1.165, 1.54) is 11.4 Å². The fraction of sp³-hybridized carbons (Fsp3) is 0.500. The summed E-state index contributed by atoms with van der Waals surface area (Å²) >= 11 is 0. The van der Waals surface area contributed by atoms with E-state index in [1.807, 2.05) is 0 Å². The second kappa shape index (κ2) is 4.99. The molecule has 0 bridgehead atoms. The third-order valence-corrected chi connectivity index (χ3v) is 6.16. The number of carbonyl (C=O) groups is 1. The van der Waals surface area contributed by atoms with Gasteiger partial charge in [0.2, 0.25) is 15.9 Å². The molecule has 0 saturated carbocycles. The molecule has 114 valence electrons. The van der Waals surface area contributed by atoms with Crippen LogP contribution in [0.5, 0.6) is 5.75 Å². The highest BCUT2D eigenvalue weighted by Crippen LogP contribution is 2.38. The number of methoxy groups -OCH3 is 1. The van der Waals surface area contributed by atoms with Crippen LogP contribution in [0.3, 0.4) is 0 Å². The molecule has 1 unspecified atom stereocenters. The lowest BCUT2D eigenvalue weighted by Crippen LogP contribution is -2.33. The van der Waals surface area contributed by atoms with Crippen molar-refractivity contribution < 1.29 is 17.9 Å².